The van der Waals surface area contributed by atoms with Gasteiger partial charge in [0.2, 0.25) is 17.7 Å². The third-order valence-corrected chi connectivity index (χ3v) is 7.42. The Kier molecular flexibility index (Phi) is 6.27. The zero-order valence-corrected chi connectivity index (χ0v) is 19.6. The Hall–Kier alpha value is -4.06. The van der Waals surface area contributed by atoms with Crippen molar-refractivity contribution in [1.82, 2.24) is 15.1 Å². The zero-order chi connectivity index (χ0) is 25.4. The van der Waals surface area contributed by atoms with Crippen LogP contribution < -0.4 is 5.32 Å². The van der Waals surface area contributed by atoms with Gasteiger partial charge in [-0.1, -0.05) is 18.2 Å². The average molecular weight is 489 g/mol. The van der Waals surface area contributed by atoms with E-state index >= 15 is 0 Å². The Balaban J connectivity index is 1.29. The molecule has 3 aliphatic rings. The van der Waals surface area contributed by atoms with Crippen molar-refractivity contribution in [3.63, 3.8) is 0 Å². The Bertz CT molecular complexity index is 1310. The lowest BCUT2D eigenvalue weighted by Gasteiger charge is -2.33. The highest BCUT2D eigenvalue weighted by molar-refractivity contribution is 6.05. The van der Waals surface area contributed by atoms with E-state index in [-0.39, 0.29) is 49.1 Å². The number of rotatable bonds is 4. The minimum atomic E-state index is -0.755. The molecule has 0 aliphatic carbocycles. The molecule has 1 atom stereocenters. The predicted molar refractivity (Wildman–Crippen MR) is 126 cm³/mol. The first-order valence-electron chi connectivity index (χ1n) is 12.1. The number of piperidine rings is 2. The smallest absolute Gasteiger partial charge is 0.255 e. The number of hydrogen-bond donors (Lipinski definition) is 1. The summed E-state index contributed by atoms with van der Waals surface area (Å²) in [6.45, 7) is 1.18. The molecular weight excluding hydrogens is 463 g/mol. The summed E-state index contributed by atoms with van der Waals surface area (Å²) < 4.78 is 14.6. The number of amides is 4. The van der Waals surface area contributed by atoms with E-state index in [1.165, 1.54) is 17.0 Å². The van der Waals surface area contributed by atoms with Crippen LogP contribution in [0.3, 0.4) is 0 Å². The van der Waals surface area contributed by atoms with Crippen LogP contribution in [0.5, 0.6) is 0 Å². The molecule has 3 aliphatic heterocycles. The van der Waals surface area contributed by atoms with Crippen molar-refractivity contribution in [2.24, 2.45) is 0 Å². The van der Waals surface area contributed by atoms with Gasteiger partial charge < -0.3 is 9.80 Å². The molecule has 0 bridgehead atoms. The van der Waals surface area contributed by atoms with Crippen LogP contribution >= 0.6 is 0 Å². The number of imide groups is 1. The molecule has 5 rings (SSSR count). The molecule has 2 saturated heterocycles. The molecule has 0 spiro atoms. The molecule has 1 N–H and O–H groups in total. The second-order valence-electron chi connectivity index (χ2n) is 9.52. The molecule has 9 heteroatoms. The summed E-state index contributed by atoms with van der Waals surface area (Å²) in [6, 6.07) is 11.1. The highest BCUT2D eigenvalue weighted by atomic mass is 19.1. The monoisotopic (exact) mass is 488 g/mol. The Labute approximate surface area is 207 Å². The Morgan fingerprint density at radius 1 is 1.11 bits per heavy atom. The Morgan fingerprint density at radius 2 is 1.86 bits per heavy atom. The van der Waals surface area contributed by atoms with Gasteiger partial charge in [0.05, 0.1) is 18.1 Å². The number of carbonyl (C=O) groups excluding carboxylic acids is 4. The van der Waals surface area contributed by atoms with Crippen LogP contribution in [0.2, 0.25) is 0 Å². The molecule has 0 saturated carbocycles. The van der Waals surface area contributed by atoms with Crippen LogP contribution in [0.4, 0.5) is 4.39 Å². The first-order valence-corrected chi connectivity index (χ1v) is 12.1. The lowest BCUT2D eigenvalue weighted by molar-refractivity contribution is -0.137. The molecular formula is C27H25FN4O4. The van der Waals surface area contributed by atoms with Crippen LogP contribution in [0, 0.1) is 17.1 Å². The number of likely N-dealkylation sites (tertiary alicyclic amines) is 1. The van der Waals surface area contributed by atoms with Crippen molar-refractivity contribution in [3.8, 4) is 6.07 Å². The fourth-order valence-electron chi connectivity index (χ4n) is 5.52. The number of hydrogen-bond acceptors (Lipinski definition) is 5. The number of nitriles is 1. The van der Waals surface area contributed by atoms with Crippen molar-refractivity contribution in [1.29, 1.82) is 5.26 Å². The molecule has 184 valence electrons. The molecule has 1 unspecified atom stereocenters. The van der Waals surface area contributed by atoms with Gasteiger partial charge in [0.15, 0.2) is 0 Å². The SMILES string of the molecule is N#Cc1ccccc1CC(=O)N1CCC(c2cc(F)cc3c2CN(C2CCC(=O)NC2=O)C3=O)CC1. The van der Waals surface area contributed by atoms with Gasteiger partial charge in [0.1, 0.15) is 11.9 Å². The lowest BCUT2D eigenvalue weighted by Crippen LogP contribution is -2.52. The summed E-state index contributed by atoms with van der Waals surface area (Å²) in [6.07, 6.45) is 1.79. The number of carbonyl (C=O) groups is 4. The second kappa shape index (κ2) is 9.53. The maximum Gasteiger partial charge on any atom is 0.255 e. The van der Waals surface area contributed by atoms with Gasteiger partial charge in [-0.25, -0.2) is 4.39 Å². The number of halogens is 1. The van der Waals surface area contributed by atoms with Gasteiger partial charge in [0.25, 0.3) is 5.91 Å². The van der Waals surface area contributed by atoms with Gasteiger partial charge >= 0.3 is 0 Å². The van der Waals surface area contributed by atoms with Gasteiger partial charge in [-0.15, -0.1) is 0 Å². The van der Waals surface area contributed by atoms with E-state index in [0.717, 1.165) is 11.1 Å². The molecule has 0 aromatic heterocycles. The average Bonchev–Trinajstić information content (AvgIpc) is 3.20. The lowest BCUT2D eigenvalue weighted by atomic mass is 9.85. The summed E-state index contributed by atoms with van der Waals surface area (Å²) in [7, 11) is 0. The number of fused-ring (bicyclic) bond motifs is 1. The van der Waals surface area contributed by atoms with E-state index < -0.39 is 23.7 Å². The quantitative estimate of drug-likeness (QED) is 0.665. The molecule has 2 aromatic rings. The molecule has 2 aromatic carbocycles. The van der Waals surface area contributed by atoms with Crippen LogP contribution in [0.25, 0.3) is 0 Å². The zero-order valence-electron chi connectivity index (χ0n) is 19.6. The molecule has 4 amide bonds. The summed E-state index contributed by atoms with van der Waals surface area (Å²) in [5.41, 5.74) is 2.92. The predicted octanol–water partition coefficient (Wildman–Crippen LogP) is 2.41. The van der Waals surface area contributed by atoms with Gasteiger partial charge in [0, 0.05) is 31.6 Å². The Morgan fingerprint density at radius 3 is 2.58 bits per heavy atom. The van der Waals surface area contributed by atoms with Crippen molar-refractivity contribution < 1.29 is 23.6 Å². The fraction of sp³-hybridized carbons (Fsp3) is 0.370. The standard InChI is InChI=1S/C27H25FN4O4/c28-19-12-20(22-15-32(27(36)21(22)13-19)23-5-6-24(33)30-26(23)35)16-7-9-31(10-8-16)25(34)11-17-3-1-2-4-18(17)14-29/h1-4,12-13,16,23H,5-11,15H2,(H,30,33,35). The minimum Gasteiger partial charge on any atom is -0.342 e. The van der Waals surface area contributed by atoms with Crippen molar-refractivity contribution in [2.45, 2.75) is 50.6 Å². The molecule has 3 heterocycles. The largest absolute Gasteiger partial charge is 0.342 e. The topological polar surface area (TPSA) is 111 Å². The van der Waals surface area contributed by atoms with Crippen molar-refractivity contribution in [2.75, 3.05) is 13.1 Å². The summed E-state index contributed by atoms with van der Waals surface area (Å²) in [5, 5.41) is 11.6. The maximum absolute atomic E-state index is 14.6. The minimum absolute atomic E-state index is 0.0283. The van der Waals surface area contributed by atoms with Crippen LogP contribution in [-0.4, -0.2) is 52.6 Å². The summed E-state index contributed by atoms with van der Waals surface area (Å²) in [5.74, 6) is -1.85. The van der Waals surface area contributed by atoms with Gasteiger partial charge in [-0.2, -0.15) is 5.26 Å². The van der Waals surface area contributed by atoms with Crippen LogP contribution in [0.15, 0.2) is 36.4 Å². The van der Waals surface area contributed by atoms with E-state index in [2.05, 4.69) is 11.4 Å². The third kappa shape index (κ3) is 4.35. The van der Waals surface area contributed by atoms with Crippen molar-refractivity contribution in [3.05, 3.63) is 70.0 Å². The molecule has 8 nitrogen and oxygen atoms in total. The summed E-state index contributed by atoms with van der Waals surface area (Å²) in [4.78, 5) is 53.1. The van der Waals surface area contributed by atoms with E-state index in [1.54, 1.807) is 29.2 Å². The van der Waals surface area contributed by atoms with Crippen molar-refractivity contribution >= 4 is 23.6 Å². The van der Waals surface area contributed by atoms with Crippen LogP contribution in [0.1, 0.15) is 64.2 Å². The molecule has 36 heavy (non-hydrogen) atoms. The highest BCUT2D eigenvalue weighted by Gasteiger charge is 2.41. The normalized spacial score (nSPS) is 20.2. The highest BCUT2D eigenvalue weighted by Crippen LogP contribution is 2.37. The first-order chi connectivity index (χ1) is 17.4. The van der Waals surface area contributed by atoms with E-state index in [1.807, 2.05) is 0 Å². The van der Waals surface area contributed by atoms with Gasteiger partial charge in [-0.3, -0.25) is 24.5 Å². The fourth-order valence-corrected chi connectivity index (χ4v) is 5.52. The molecule has 2 fully saturated rings. The first kappa shape index (κ1) is 23.7. The second-order valence-corrected chi connectivity index (χ2v) is 9.52. The molecule has 0 radical (unpaired) electrons. The van der Waals surface area contributed by atoms with Crippen LogP contribution in [-0.2, 0) is 27.3 Å². The maximum atomic E-state index is 14.6. The van der Waals surface area contributed by atoms with E-state index in [0.29, 0.717) is 37.1 Å². The third-order valence-electron chi connectivity index (χ3n) is 7.42. The number of nitrogens with one attached hydrogen (secondary N) is 1. The van der Waals surface area contributed by atoms with Gasteiger partial charge in [-0.05, 0) is 60.1 Å². The number of benzene rings is 2. The summed E-state index contributed by atoms with van der Waals surface area (Å²) >= 11 is 0. The number of nitrogens with zero attached hydrogens (tertiary/aromatic N) is 3. The van der Waals surface area contributed by atoms with E-state index in [4.69, 9.17) is 0 Å². The van der Waals surface area contributed by atoms with E-state index in [9.17, 15) is 28.8 Å².